The number of aliphatic hydroxyl groups excluding tert-OH is 4. The van der Waals surface area contributed by atoms with E-state index in [4.69, 9.17) is 0 Å². The number of ketones is 2. The van der Waals surface area contributed by atoms with Crippen LogP contribution in [0.2, 0.25) is 0 Å². The van der Waals surface area contributed by atoms with Crippen molar-refractivity contribution in [2.45, 2.75) is 35.6 Å². The molecular formula is C20H20O8. The van der Waals surface area contributed by atoms with Gasteiger partial charge in [-0.15, -0.1) is 0 Å². The van der Waals surface area contributed by atoms with Crippen LogP contribution in [0.5, 0.6) is 0 Å². The van der Waals surface area contributed by atoms with Crippen LogP contribution in [0.25, 0.3) is 0 Å². The third kappa shape index (κ3) is 2.78. The first kappa shape index (κ1) is 20.3. The molecule has 1 saturated carbocycles. The highest BCUT2D eigenvalue weighted by molar-refractivity contribution is 6.07. The van der Waals surface area contributed by atoms with Gasteiger partial charge in [0.2, 0.25) is 0 Å². The van der Waals surface area contributed by atoms with Gasteiger partial charge in [0, 0.05) is 11.1 Å². The molecule has 1 fully saturated rings. The van der Waals surface area contributed by atoms with Crippen molar-refractivity contribution in [1.82, 2.24) is 0 Å². The Morgan fingerprint density at radius 1 is 0.643 bits per heavy atom. The average Bonchev–Trinajstić information content (AvgIpc) is 2.75. The highest BCUT2D eigenvalue weighted by Gasteiger charge is 2.70. The topological polar surface area (TPSA) is 156 Å². The van der Waals surface area contributed by atoms with Crippen molar-refractivity contribution in [2.75, 3.05) is 0 Å². The second-order valence-corrected chi connectivity index (χ2v) is 6.82. The minimum Gasteiger partial charge on any atom is -0.387 e. The lowest BCUT2D eigenvalue weighted by Crippen LogP contribution is -2.80. The molecule has 0 spiro atoms. The lowest BCUT2D eigenvalue weighted by molar-refractivity contribution is -0.271. The normalized spacial score (nSPS) is 35.4. The molecule has 0 amide bonds. The molecule has 3 rings (SSSR count). The van der Waals surface area contributed by atoms with E-state index < -0.39 is 47.2 Å². The summed E-state index contributed by atoms with van der Waals surface area (Å²) in [6.07, 6.45) is -9.66. The summed E-state index contributed by atoms with van der Waals surface area (Å²) < 4.78 is 0. The van der Waals surface area contributed by atoms with E-state index in [0.717, 1.165) is 0 Å². The van der Waals surface area contributed by atoms with Gasteiger partial charge in [-0.05, 0) is 0 Å². The van der Waals surface area contributed by atoms with Gasteiger partial charge in [-0.1, -0.05) is 60.7 Å². The van der Waals surface area contributed by atoms with Crippen LogP contribution in [0.1, 0.15) is 20.7 Å². The molecule has 1 aliphatic carbocycles. The van der Waals surface area contributed by atoms with Crippen molar-refractivity contribution in [3.8, 4) is 0 Å². The Labute approximate surface area is 159 Å². The first-order valence-electron chi connectivity index (χ1n) is 8.53. The SMILES string of the molecule is O=C(c1ccccc1)[C@@]1(O)C(O)[C@@](O)(C(=O)c2ccccc2)[C@@H](O)C(O)[C@@H]1O. The van der Waals surface area contributed by atoms with Gasteiger partial charge in [-0.2, -0.15) is 0 Å². The summed E-state index contributed by atoms with van der Waals surface area (Å²) in [5.41, 5.74) is -6.58. The first-order chi connectivity index (χ1) is 13.2. The molecule has 1 aliphatic rings. The number of hydrogen-bond donors (Lipinski definition) is 6. The summed E-state index contributed by atoms with van der Waals surface area (Å²) in [4.78, 5) is 25.7. The molecule has 0 saturated heterocycles. The average molecular weight is 388 g/mol. The fourth-order valence-electron chi connectivity index (χ4n) is 3.51. The predicted molar refractivity (Wildman–Crippen MR) is 95.5 cm³/mol. The largest absolute Gasteiger partial charge is 0.387 e. The second kappa shape index (κ2) is 7.17. The van der Waals surface area contributed by atoms with Crippen LogP contribution >= 0.6 is 0 Å². The van der Waals surface area contributed by atoms with Gasteiger partial charge in [0.1, 0.15) is 24.4 Å². The molecule has 0 radical (unpaired) electrons. The van der Waals surface area contributed by atoms with Crippen molar-refractivity contribution in [3.63, 3.8) is 0 Å². The standard InChI is InChI=1S/C20H20O8/c21-13-16(24)19(27,14(22)11-7-3-1-4-8-11)18(26)20(28,17(13)25)15(23)12-9-5-2-6-10-12/h1-10,13,16-18,21,24-28H/t13?,16-,17-,18?,19-,20+/m0/s1. The van der Waals surface area contributed by atoms with Gasteiger partial charge in [0.25, 0.3) is 0 Å². The van der Waals surface area contributed by atoms with Crippen molar-refractivity contribution >= 4 is 11.6 Å². The van der Waals surface area contributed by atoms with Crippen molar-refractivity contribution < 1.29 is 40.2 Å². The van der Waals surface area contributed by atoms with Crippen LogP contribution < -0.4 is 0 Å². The number of benzene rings is 2. The number of Topliss-reactive ketones (excluding diaryl/α,β-unsaturated/α-hetero) is 2. The highest BCUT2D eigenvalue weighted by Crippen LogP contribution is 2.40. The van der Waals surface area contributed by atoms with Crippen LogP contribution in [-0.4, -0.2) is 77.8 Å². The predicted octanol–water partition coefficient (Wildman–Crippen LogP) is -1.33. The molecule has 0 aromatic heterocycles. The summed E-state index contributed by atoms with van der Waals surface area (Å²) in [6.45, 7) is 0. The zero-order valence-corrected chi connectivity index (χ0v) is 14.6. The third-order valence-corrected chi connectivity index (χ3v) is 5.18. The van der Waals surface area contributed by atoms with Crippen LogP contribution in [-0.2, 0) is 0 Å². The van der Waals surface area contributed by atoms with Crippen LogP contribution in [0, 0.1) is 0 Å². The molecule has 28 heavy (non-hydrogen) atoms. The monoisotopic (exact) mass is 388 g/mol. The zero-order valence-electron chi connectivity index (χ0n) is 14.6. The van der Waals surface area contributed by atoms with E-state index in [1.54, 1.807) is 12.1 Å². The molecule has 6 atom stereocenters. The highest BCUT2D eigenvalue weighted by atomic mass is 16.4. The number of carbonyl (C=O) groups is 2. The van der Waals surface area contributed by atoms with Gasteiger partial charge in [0.15, 0.2) is 22.8 Å². The Morgan fingerprint density at radius 3 is 1.29 bits per heavy atom. The summed E-state index contributed by atoms with van der Waals surface area (Å²) in [5, 5.41) is 63.3. The molecule has 8 heteroatoms. The van der Waals surface area contributed by atoms with Gasteiger partial charge >= 0.3 is 0 Å². The summed E-state index contributed by atoms with van der Waals surface area (Å²) in [5.74, 6) is -2.45. The molecule has 0 bridgehead atoms. The molecule has 6 N–H and O–H groups in total. The number of aliphatic hydroxyl groups is 6. The number of rotatable bonds is 4. The molecule has 8 nitrogen and oxygen atoms in total. The molecular weight excluding hydrogens is 368 g/mol. The van der Waals surface area contributed by atoms with Crippen LogP contribution in [0.15, 0.2) is 60.7 Å². The van der Waals surface area contributed by atoms with E-state index in [2.05, 4.69) is 0 Å². The zero-order chi connectivity index (χ0) is 20.7. The lowest BCUT2D eigenvalue weighted by Gasteiger charge is -2.51. The van der Waals surface area contributed by atoms with Gasteiger partial charge in [-0.3, -0.25) is 9.59 Å². The maximum absolute atomic E-state index is 12.9. The Balaban J connectivity index is 2.12. The minimum atomic E-state index is -3.15. The number of hydrogen-bond acceptors (Lipinski definition) is 8. The van der Waals surface area contributed by atoms with Gasteiger partial charge in [0.05, 0.1) is 0 Å². The van der Waals surface area contributed by atoms with E-state index in [1.807, 2.05) is 0 Å². The molecule has 2 unspecified atom stereocenters. The van der Waals surface area contributed by atoms with E-state index in [-0.39, 0.29) is 11.1 Å². The molecule has 0 aliphatic heterocycles. The quantitative estimate of drug-likeness (QED) is 0.352. The molecule has 148 valence electrons. The Hall–Kier alpha value is -2.46. The fraction of sp³-hybridized carbons (Fsp3) is 0.300. The van der Waals surface area contributed by atoms with Crippen molar-refractivity contribution in [2.24, 2.45) is 0 Å². The molecule has 2 aromatic carbocycles. The maximum Gasteiger partial charge on any atom is 0.199 e. The van der Waals surface area contributed by atoms with E-state index in [0.29, 0.717) is 0 Å². The number of carbonyl (C=O) groups excluding carboxylic acids is 2. The smallest absolute Gasteiger partial charge is 0.199 e. The summed E-state index contributed by atoms with van der Waals surface area (Å²) in [7, 11) is 0. The van der Waals surface area contributed by atoms with Gasteiger partial charge in [-0.25, -0.2) is 0 Å². The fourth-order valence-corrected chi connectivity index (χ4v) is 3.51. The van der Waals surface area contributed by atoms with Crippen molar-refractivity contribution in [1.29, 1.82) is 0 Å². The Bertz CT molecular complexity index is 799. The first-order valence-corrected chi connectivity index (χ1v) is 8.53. The minimum absolute atomic E-state index is 0.138. The van der Waals surface area contributed by atoms with Crippen LogP contribution in [0.3, 0.4) is 0 Å². The third-order valence-electron chi connectivity index (χ3n) is 5.18. The summed E-state index contributed by atoms with van der Waals surface area (Å²) in [6, 6.07) is 14.2. The molecule has 2 aromatic rings. The van der Waals surface area contributed by atoms with E-state index >= 15 is 0 Å². The Morgan fingerprint density at radius 2 is 0.964 bits per heavy atom. The maximum atomic E-state index is 12.9. The van der Waals surface area contributed by atoms with E-state index in [9.17, 15) is 40.2 Å². The van der Waals surface area contributed by atoms with Crippen molar-refractivity contribution in [3.05, 3.63) is 71.8 Å². The second-order valence-electron chi connectivity index (χ2n) is 6.82. The molecule has 0 heterocycles. The Kier molecular flexibility index (Phi) is 5.20. The van der Waals surface area contributed by atoms with Crippen LogP contribution in [0.4, 0.5) is 0 Å². The lowest BCUT2D eigenvalue weighted by atomic mass is 9.63. The van der Waals surface area contributed by atoms with E-state index in [1.165, 1.54) is 48.5 Å². The summed E-state index contributed by atoms with van der Waals surface area (Å²) >= 11 is 0. The van der Waals surface area contributed by atoms with Gasteiger partial charge < -0.3 is 30.6 Å².